The summed E-state index contributed by atoms with van der Waals surface area (Å²) in [4.78, 5) is 37.2. The summed E-state index contributed by atoms with van der Waals surface area (Å²) >= 11 is 0. The first-order valence-corrected chi connectivity index (χ1v) is 11.0. The van der Waals surface area contributed by atoms with Gasteiger partial charge in [0, 0.05) is 23.5 Å². The number of rotatable bonds is 7. The lowest BCUT2D eigenvalue weighted by molar-refractivity contribution is -0.384. The summed E-state index contributed by atoms with van der Waals surface area (Å²) in [5, 5.41) is 14.5. The van der Waals surface area contributed by atoms with Crippen LogP contribution >= 0.6 is 0 Å². The van der Waals surface area contributed by atoms with E-state index >= 15 is 0 Å². The normalized spacial score (nSPS) is 22.0. The standard InChI is InChI=1S/C24H30N2O8/c1-13(2)33-23(28)20-15(4)25-14(3)19(21(20)16-8-7-9-17(10-16)26(29)30)22(27)31-11-18-12-32-24(5,6)34-18/h7-10,13,18,21,25H,11-12H2,1-6H3. The highest BCUT2D eigenvalue weighted by Gasteiger charge is 2.40. The zero-order valence-electron chi connectivity index (χ0n) is 20.2. The molecule has 0 radical (unpaired) electrons. The highest BCUT2D eigenvalue weighted by atomic mass is 16.7. The molecule has 2 heterocycles. The van der Waals surface area contributed by atoms with Crippen LogP contribution in [0.5, 0.6) is 0 Å². The lowest BCUT2D eigenvalue weighted by Crippen LogP contribution is -2.34. The van der Waals surface area contributed by atoms with E-state index in [1.165, 1.54) is 18.2 Å². The van der Waals surface area contributed by atoms with Crippen LogP contribution in [0.1, 0.15) is 53.0 Å². The first-order chi connectivity index (χ1) is 15.9. The summed E-state index contributed by atoms with van der Waals surface area (Å²) in [7, 11) is 0. The highest BCUT2D eigenvalue weighted by molar-refractivity contribution is 6.00. The number of hydrogen-bond donors (Lipinski definition) is 1. The predicted molar refractivity (Wildman–Crippen MR) is 121 cm³/mol. The molecular weight excluding hydrogens is 444 g/mol. The SMILES string of the molecule is CC1=C(C(=O)OCC2COC(C)(C)O2)C(c2cccc([N+](=O)[O-])c2)C(C(=O)OC(C)C)=C(C)N1. The van der Waals surface area contributed by atoms with Crippen LogP contribution < -0.4 is 5.32 Å². The molecule has 10 heteroatoms. The molecule has 2 atom stereocenters. The zero-order valence-corrected chi connectivity index (χ0v) is 20.2. The minimum absolute atomic E-state index is 0.0465. The van der Waals surface area contributed by atoms with Gasteiger partial charge < -0.3 is 24.3 Å². The first-order valence-electron chi connectivity index (χ1n) is 11.0. The molecule has 1 fully saturated rings. The van der Waals surface area contributed by atoms with E-state index in [9.17, 15) is 19.7 Å². The third-order valence-electron chi connectivity index (χ3n) is 5.42. The van der Waals surface area contributed by atoms with E-state index < -0.39 is 40.8 Å². The second kappa shape index (κ2) is 9.94. The van der Waals surface area contributed by atoms with Gasteiger partial charge in [0.15, 0.2) is 5.79 Å². The molecule has 0 amide bonds. The molecule has 10 nitrogen and oxygen atoms in total. The molecule has 34 heavy (non-hydrogen) atoms. The molecular formula is C24H30N2O8. The van der Waals surface area contributed by atoms with Gasteiger partial charge in [0.25, 0.3) is 5.69 Å². The maximum Gasteiger partial charge on any atom is 0.337 e. The van der Waals surface area contributed by atoms with Crippen molar-refractivity contribution in [1.29, 1.82) is 0 Å². The van der Waals surface area contributed by atoms with Crippen molar-refractivity contribution in [2.75, 3.05) is 13.2 Å². The van der Waals surface area contributed by atoms with Gasteiger partial charge in [-0.2, -0.15) is 0 Å². The van der Waals surface area contributed by atoms with Gasteiger partial charge in [0.1, 0.15) is 12.7 Å². The van der Waals surface area contributed by atoms with E-state index in [4.69, 9.17) is 18.9 Å². The maximum atomic E-state index is 13.3. The lowest BCUT2D eigenvalue weighted by Gasteiger charge is -2.31. The van der Waals surface area contributed by atoms with Gasteiger partial charge in [-0.15, -0.1) is 0 Å². The number of esters is 2. The summed E-state index contributed by atoms with van der Waals surface area (Å²) in [6.45, 7) is 10.6. The summed E-state index contributed by atoms with van der Waals surface area (Å²) < 4.78 is 22.2. The second-order valence-corrected chi connectivity index (χ2v) is 8.99. The molecule has 2 aliphatic heterocycles. The van der Waals surface area contributed by atoms with E-state index in [-0.39, 0.29) is 30.0 Å². The number of carbonyl (C=O) groups excluding carboxylic acids is 2. The van der Waals surface area contributed by atoms with Crippen LogP contribution in [0.15, 0.2) is 46.8 Å². The Bertz CT molecular complexity index is 1060. The Balaban J connectivity index is 1.99. The van der Waals surface area contributed by atoms with Crippen LogP contribution in [0, 0.1) is 10.1 Å². The number of benzene rings is 1. The van der Waals surface area contributed by atoms with Crippen molar-refractivity contribution in [1.82, 2.24) is 5.32 Å². The minimum Gasteiger partial charge on any atom is -0.460 e. The number of hydrogen-bond acceptors (Lipinski definition) is 9. The number of non-ortho nitro benzene ring substituents is 1. The van der Waals surface area contributed by atoms with E-state index in [1.54, 1.807) is 47.6 Å². The van der Waals surface area contributed by atoms with Crippen LogP contribution in [0.4, 0.5) is 5.69 Å². The van der Waals surface area contributed by atoms with E-state index in [0.717, 1.165) is 0 Å². The molecule has 0 spiro atoms. The Kier molecular flexibility index (Phi) is 7.42. The summed E-state index contributed by atoms with van der Waals surface area (Å²) in [6, 6.07) is 5.85. The van der Waals surface area contributed by atoms with E-state index in [0.29, 0.717) is 17.0 Å². The monoisotopic (exact) mass is 474 g/mol. The fourth-order valence-corrected chi connectivity index (χ4v) is 4.06. The van der Waals surface area contributed by atoms with Crippen LogP contribution in [0.2, 0.25) is 0 Å². The Labute approximate surface area is 198 Å². The van der Waals surface area contributed by atoms with Gasteiger partial charge in [-0.05, 0) is 47.1 Å². The molecule has 0 saturated carbocycles. The van der Waals surface area contributed by atoms with Crippen LogP contribution in [-0.2, 0) is 28.5 Å². The molecule has 3 rings (SSSR count). The van der Waals surface area contributed by atoms with Crippen LogP contribution in [0.25, 0.3) is 0 Å². The molecule has 2 aliphatic rings. The Morgan fingerprint density at radius 1 is 1.21 bits per heavy atom. The molecule has 1 saturated heterocycles. The van der Waals surface area contributed by atoms with E-state index in [1.807, 2.05) is 0 Å². The number of nitro benzene ring substituents is 1. The topological polar surface area (TPSA) is 126 Å². The predicted octanol–water partition coefficient (Wildman–Crippen LogP) is 3.48. The molecule has 1 aromatic rings. The van der Waals surface area contributed by atoms with Gasteiger partial charge in [-0.3, -0.25) is 10.1 Å². The molecule has 2 unspecified atom stereocenters. The fourth-order valence-electron chi connectivity index (χ4n) is 4.06. The number of ether oxygens (including phenoxy) is 4. The van der Waals surface area contributed by atoms with Crippen LogP contribution in [0.3, 0.4) is 0 Å². The average Bonchev–Trinajstić information content (AvgIpc) is 3.09. The summed E-state index contributed by atoms with van der Waals surface area (Å²) in [5.74, 6) is -2.98. The van der Waals surface area contributed by atoms with Crippen molar-refractivity contribution in [3.63, 3.8) is 0 Å². The minimum atomic E-state index is -0.919. The van der Waals surface area contributed by atoms with Gasteiger partial charge in [0.2, 0.25) is 0 Å². The number of carbonyl (C=O) groups is 2. The van der Waals surface area contributed by atoms with Crippen molar-refractivity contribution < 1.29 is 33.5 Å². The van der Waals surface area contributed by atoms with Gasteiger partial charge in [-0.1, -0.05) is 12.1 Å². The Morgan fingerprint density at radius 2 is 1.85 bits per heavy atom. The fraction of sp³-hybridized carbons (Fsp3) is 0.500. The summed E-state index contributed by atoms with van der Waals surface area (Å²) in [5.41, 5.74) is 1.57. The average molecular weight is 475 g/mol. The third-order valence-corrected chi connectivity index (χ3v) is 5.42. The third kappa shape index (κ3) is 5.63. The zero-order chi connectivity index (χ0) is 25.2. The van der Waals surface area contributed by atoms with Gasteiger partial charge >= 0.3 is 11.9 Å². The van der Waals surface area contributed by atoms with E-state index in [2.05, 4.69) is 5.32 Å². The molecule has 184 valence electrons. The molecule has 0 aromatic heterocycles. The first kappa shape index (κ1) is 25.4. The maximum absolute atomic E-state index is 13.3. The number of dihydropyridines is 1. The Morgan fingerprint density at radius 3 is 2.41 bits per heavy atom. The smallest absolute Gasteiger partial charge is 0.337 e. The Hall–Kier alpha value is -3.24. The molecule has 1 N–H and O–H groups in total. The van der Waals surface area contributed by atoms with Crippen molar-refractivity contribution >= 4 is 17.6 Å². The highest BCUT2D eigenvalue weighted by Crippen LogP contribution is 2.40. The van der Waals surface area contributed by atoms with Crippen molar-refractivity contribution in [2.24, 2.45) is 0 Å². The quantitative estimate of drug-likeness (QED) is 0.359. The van der Waals surface area contributed by atoms with Gasteiger partial charge in [0.05, 0.1) is 34.7 Å². The molecule has 1 aromatic carbocycles. The van der Waals surface area contributed by atoms with Crippen molar-refractivity contribution in [3.8, 4) is 0 Å². The molecule has 0 bridgehead atoms. The number of nitrogens with zero attached hydrogens (tertiary/aromatic N) is 1. The van der Waals surface area contributed by atoms with Gasteiger partial charge in [-0.25, -0.2) is 9.59 Å². The lowest BCUT2D eigenvalue weighted by atomic mass is 9.80. The van der Waals surface area contributed by atoms with Crippen molar-refractivity contribution in [3.05, 3.63) is 62.5 Å². The largest absolute Gasteiger partial charge is 0.460 e. The number of nitro groups is 1. The second-order valence-electron chi connectivity index (χ2n) is 8.99. The molecule has 0 aliphatic carbocycles. The van der Waals surface area contributed by atoms with Crippen molar-refractivity contribution in [2.45, 2.75) is 65.5 Å². The number of nitrogens with one attached hydrogen (secondary N) is 1. The number of allylic oxidation sites excluding steroid dienone is 2. The van der Waals surface area contributed by atoms with Crippen LogP contribution in [-0.4, -0.2) is 48.1 Å². The summed E-state index contributed by atoms with van der Waals surface area (Å²) in [6.07, 6.45) is -0.834.